The molecule has 5 nitrogen and oxygen atoms in total. The zero-order valence-electron chi connectivity index (χ0n) is 16.0. The molecule has 0 spiro atoms. The fourth-order valence-electron chi connectivity index (χ4n) is 2.83. The van der Waals surface area contributed by atoms with Crippen LogP contribution < -0.4 is 5.32 Å². The van der Waals surface area contributed by atoms with Gasteiger partial charge in [0.25, 0.3) is 5.91 Å². The largest absolute Gasteiger partial charge is 0.348 e. The molecular weight excluding hydrogens is 336 g/mol. The van der Waals surface area contributed by atoms with Crippen molar-refractivity contribution in [3.05, 3.63) is 76.4 Å². The van der Waals surface area contributed by atoms with Gasteiger partial charge < -0.3 is 5.32 Å². The van der Waals surface area contributed by atoms with E-state index in [0.29, 0.717) is 34.5 Å². The van der Waals surface area contributed by atoms with Crippen LogP contribution in [-0.2, 0) is 12.0 Å². The van der Waals surface area contributed by atoms with Gasteiger partial charge in [-0.3, -0.25) is 4.79 Å². The Morgan fingerprint density at radius 2 is 1.89 bits per heavy atom. The van der Waals surface area contributed by atoms with Gasteiger partial charge in [-0.25, -0.2) is 14.8 Å². The average Bonchev–Trinajstić information content (AvgIpc) is 2.64. The first-order chi connectivity index (χ1) is 12.8. The van der Waals surface area contributed by atoms with Crippen molar-refractivity contribution in [2.24, 2.45) is 0 Å². The van der Waals surface area contributed by atoms with Crippen LogP contribution in [0.15, 0.2) is 42.6 Å². The molecule has 0 bridgehead atoms. The highest BCUT2D eigenvalue weighted by molar-refractivity contribution is 5.98. The SMILES string of the molecule is [C-]#[N+]c1cnc2nc(C)c(C(=O)NCc3ccc(C(C)(C)C)cc3)cc2c1. The predicted octanol–water partition coefficient (Wildman–Crippen LogP) is 4.72. The molecule has 2 heterocycles. The molecule has 0 radical (unpaired) electrons. The molecule has 5 heteroatoms. The van der Waals surface area contributed by atoms with Crippen molar-refractivity contribution in [1.29, 1.82) is 0 Å². The number of amides is 1. The minimum absolute atomic E-state index is 0.105. The van der Waals surface area contributed by atoms with E-state index in [0.717, 1.165) is 5.56 Å². The van der Waals surface area contributed by atoms with E-state index in [2.05, 4.69) is 53.0 Å². The van der Waals surface area contributed by atoms with Crippen molar-refractivity contribution in [3.8, 4) is 0 Å². The molecule has 0 unspecified atom stereocenters. The Balaban J connectivity index is 1.78. The molecule has 1 amide bonds. The Kier molecular flexibility index (Phi) is 4.91. The van der Waals surface area contributed by atoms with Gasteiger partial charge in [0.15, 0.2) is 5.65 Å². The summed E-state index contributed by atoms with van der Waals surface area (Å²) >= 11 is 0. The first kappa shape index (κ1) is 18.5. The van der Waals surface area contributed by atoms with Crippen LogP contribution >= 0.6 is 0 Å². The van der Waals surface area contributed by atoms with Gasteiger partial charge in [-0.1, -0.05) is 45.0 Å². The van der Waals surface area contributed by atoms with E-state index in [1.165, 1.54) is 11.8 Å². The zero-order chi connectivity index (χ0) is 19.6. The minimum atomic E-state index is -0.185. The molecule has 2 aromatic heterocycles. The van der Waals surface area contributed by atoms with E-state index in [4.69, 9.17) is 6.57 Å². The third-order valence-corrected chi connectivity index (χ3v) is 4.49. The maximum atomic E-state index is 12.6. The predicted molar refractivity (Wildman–Crippen MR) is 107 cm³/mol. The molecular formula is C22H22N4O. The highest BCUT2D eigenvalue weighted by Gasteiger charge is 2.14. The number of rotatable bonds is 3. The maximum absolute atomic E-state index is 12.6. The number of aromatic nitrogens is 2. The van der Waals surface area contributed by atoms with Gasteiger partial charge in [0.1, 0.15) is 0 Å². The molecule has 136 valence electrons. The van der Waals surface area contributed by atoms with E-state index in [1.54, 1.807) is 19.1 Å². The summed E-state index contributed by atoms with van der Waals surface area (Å²) in [6.45, 7) is 15.9. The van der Waals surface area contributed by atoms with Crippen LogP contribution in [0.5, 0.6) is 0 Å². The van der Waals surface area contributed by atoms with Crippen LogP contribution in [0.2, 0.25) is 0 Å². The summed E-state index contributed by atoms with van der Waals surface area (Å²) in [5, 5.41) is 3.64. The number of fused-ring (bicyclic) bond motifs is 1. The summed E-state index contributed by atoms with van der Waals surface area (Å²) in [5.41, 5.74) is 4.49. The van der Waals surface area contributed by atoms with Gasteiger partial charge in [-0.05, 0) is 35.6 Å². The second-order valence-corrected chi connectivity index (χ2v) is 7.60. The summed E-state index contributed by atoms with van der Waals surface area (Å²) in [7, 11) is 0. The first-order valence-electron chi connectivity index (χ1n) is 8.80. The van der Waals surface area contributed by atoms with Crippen LogP contribution in [-0.4, -0.2) is 15.9 Å². The van der Waals surface area contributed by atoms with E-state index in [9.17, 15) is 4.79 Å². The molecule has 0 atom stereocenters. The molecule has 0 saturated heterocycles. The smallest absolute Gasteiger partial charge is 0.253 e. The van der Waals surface area contributed by atoms with Gasteiger partial charge in [0.2, 0.25) is 5.69 Å². The van der Waals surface area contributed by atoms with Crippen LogP contribution in [0.3, 0.4) is 0 Å². The van der Waals surface area contributed by atoms with Crippen LogP contribution in [0.25, 0.3) is 15.9 Å². The standard InChI is InChI=1S/C22H22N4O/c1-14-19(11-16-10-18(23-5)13-24-20(16)26-14)21(27)25-12-15-6-8-17(9-7-15)22(2,3)4/h6-11,13H,12H2,1-4H3,(H,25,27). The van der Waals surface area contributed by atoms with E-state index >= 15 is 0 Å². The van der Waals surface area contributed by atoms with Crippen molar-refractivity contribution in [1.82, 2.24) is 15.3 Å². The van der Waals surface area contributed by atoms with Crippen LogP contribution in [0.4, 0.5) is 5.69 Å². The minimum Gasteiger partial charge on any atom is -0.348 e. The zero-order valence-corrected chi connectivity index (χ0v) is 16.0. The fourth-order valence-corrected chi connectivity index (χ4v) is 2.83. The number of benzene rings is 1. The van der Waals surface area contributed by atoms with Crippen LogP contribution in [0, 0.1) is 13.5 Å². The molecule has 27 heavy (non-hydrogen) atoms. The highest BCUT2D eigenvalue weighted by atomic mass is 16.1. The summed E-state index contributed by atoms with van der Waals surface area (Å²) in [6.07, 6.45) is 1.49. The van der Waals surface area contributed by atoms with E-state index in [1.807, 2.05) is 12.1 Å². The molecule has 0 aliphatic rings. The van der Waals surface area contributed by atoms with Crippen molar-refractivity contribution >= 4 is 22.6 Å². The van der Waals surface area contributed by atoms with Crippen molar-refractivity contribution in [2.75, 3.05) is 0 Å². The quantitative estimate of drug-likeness (QED) is 0.690. The summed E-state index contributed by atoms with van der Waals surface area (Å²) in [6, 6.07) is 11.7. The maximum Gasteiger partial charge on any atom is 0.253 e. The lowest BCUT2D eigenvalue weighted by Crippen LogP contribution is -2.24. The fraction of sp³-hybridized carbons (Fsp3) is 0.273. The number of nitrogens with one attached hydrogen (secondary N) is 1. The Hall–Kier alpha value is -3.26. The Bertz CT molecular complexity index is 1040. The molecule has 1 aromatic carbocycles. The molecule has 0 aliphatic carbocycles. The molecule has 1 N–H and O–H groups in total. The van der Waals surface area contributed by atoms with E-state index in [-0.39, 0.29) is 11.3 Å². The summed E-state index contributed by atoms with van der Waals surface area (Å²) in [5.74, 6) is -0.185. The topological polar surface area (TPSA) is 59.2 Å². The average molecular weight is 358 g/mol. The van der Waals surface area contributed by atoms with Crippen LogP contribution in [0.1, 0.15) is 48.0 Å². The van der Waals surface area contributed by atoms with Gasteiger partial charge >= 0.3 is 0 Å². The second-order valence-electron chi connectivity index (χ2n) is 7.60. The molecule has 0 aliphatic heterocycles. The molecule has 3 aromatic rings. The third kappa shape index (κ3) is 4.12. The number of hydrogen-bond acceptors (Lipinski definition) is 3. The Labute approximate surface area is 159 Å². The van der Waals surface area contributed by atoms with Gasteiger partial charge in [-0.2, -0.15) is 0 Å². The van der Waals surface area contributed by atoms with Crippen molar-refractivity contribution in [2.45, 2.75) is 39.7 Å². The number of pyridine rings is 2. The highest BCUT2D eigenvalue weighted by Crippen LogP contribution is 2.22. The molecule has 0 saturated carbocycles. The Morgan fingerprint density at radius 1 is 1.19 bits per heavy atom. The van der Waals surface area contributed by atoms with Crippen molar-refractivity contribution < 1.29 is 4.79 Å². The normalized spacial score (nSPS) is 11.2. The number of carbonyl (C=O) groups excluding carboxylic acids is 1. The summed E-state index contributed by atoms with van der Waals surface area (Å²) < 4.78 is 0. The van der Waals surface area contributed by atoms with Gasteiger partial charge in [0.05, 0.1) is 17.8 Å². The number of nitrogens with zero attached hydrogens (tertiary/aromatic N) is 3. The lowest BCUT2D eigenvalue weighted by Gasteiger charge is -2.19. The van der Waals surface area contributed by atoms with E-state index < -0.39 is 0 Å². The second kappa shape index (κ2) is 7.16. The number of aryl methyl sites for hydroxylation is 1. The molecule has 3 rings (SSSR count). The first-order valence-corrected chi connectivity index (χ1v) is 8.80. The number of hydrogen-bond donors (Lipinski definition) is 1. The van der Waals surface area contributed by atoms with Crippen molar-refractivity contribution in [3.63, 3.8) is 0 Å². The monoisotopic (exact) mass is 358 g/mol. The molecule has 0 fully saturated rings. The Morgan fingerprint density at radius 3 is 2.52 bits per heavy atom. The summed E-state index contributed by atoms with van der Waals surface area (Å²) in [4.78, 5) is 24.6. The van der Waals surface area contributed by atoms with Gasteiger partial charge in [-0.15, -0.1) is 0 Å². The third-order valence-electron chi connectivity index (χ3n) is 4.49. The lowest BCUT2D eigenvalue weighted by atomic mass is 9.87. The number of carbonyl (C=O) groups is 1. The lowest BCUT2D eigenvalue weighted by molar-refractivity contribution is 0.0950. The van der Waals surface area contributed by atoms with Gasteiger partial charge in [0, 0.05) is 18.1 Å².